The first-order valence-corrected chi connectivity index (χ1v) is 19.9. The molecular weight excluding hydrogens is 857 g/mol. The van der Waals surface area contributed by atoms with Crippen molar-refractivity contribution in [1.29, 1.82) is 0 Å². The van der Waals surface area contributed by atoms with Crippen LogP contribution >= 0.6 is 0 Å². The number of fused-ring (bicyclic) bond motifs is 1. The normalized spacial score (nSPS) is 13.6. The molecular formula is C40H52N12O13. The summed E-state index contributed by atoms with van der Waals surface area (Å²) in [5.74, 6) is -11.4. The number of benzene rings is 2. The number of nitrogens with one attached hydrogen (secondary N) is 8. The second-order valence-electron chi connectivity index (χ2n) is 14.6. The van der Waals surface area contributed by atoms with Crippen LogP contribution in [0.3, 0.4) is 0 Å². The molecule has 0 aliphatic carbocycles. The van der Waals surface area contributed by atoms with Crippen molar-refractivity contribution in [2.24, 2.45) is 22.9 Å². The number of aliphatic hydroxyl groups excluding tert-OH is 1. The van der Waals surface area contributed by atoms with Gasteiger partial charge in [0, 0.05) is 36.4 Å². The van der Waals surface area contributed by atoms with Gasteiger partial charge in [-0.05, 0) is 23.6 Å². The van der Waals surface area contributed by atoms with E-state index < -0.39 is 140 Å². The van der Waals surface area contributed by atoms with Gasteiger partial charge in [-0.15, -0.1) is 0 Å². The van der Waals surface area contributed by atoms with E-state index in [4.69, 9.17) is 28.0 Å². The van der Waals surface area contributed by atoms with Crippen LogP contribution in [0.2, 0.25) is 0 Å². The largest absolute Gasteiger partial charge is 0.481 e. The molecule has 25 heteroatoms. The molecule has 3 rings (SSSR count). The number of carboxylic acids is 1. The molecule has 0 bridgehead atoms. The number of para-hydroxylation sites is 1. The lowest BCUT2D eigenvalue weighted by atomic mass is 10.0. The number of H-pyrrole nitrogens is 1. The number of aliphatic hydroxyl groups is 1. The molecule has 6 atom stereocenters. The molecule has 0 aliphatic rings. The Morgan fingerprint density at radius 1 is 0.569 bits per heavy atom. The summed E-state index contributed by atoms with van der Waals surface area (Å²) < 4.78 is 0. The summed E-state index contributed by atoms with van der Waals surface area (Å²) in [6.45, 7) is -2.43. The summed E-state index contributed by atoms with van der Waals surface area (Å²) >= 11 is 0. The fourth-order valence-corrected chi connectivity index (χ4v) is 6.16. The lowest BCUT2D eigenvalue weighted by molar-refractivity contribution is -0.139. The highest BCUT2D eigenvalue weighted by Crippen LogP contribution is 2.19. The molecule has 0 spiro atoms. The minimum Gasteiger partial charge on any atom is -0.481 e. The highest BCUT2D eigenvalue weighted by molar-refractivity contribution is 5.99. The van der Waals surface area contributed by atoms with Crippen LogP contribution < -0.4 is 60.2 Å². The molecule has 6 unspecified atom stereocenters. The van der Waals surface area contributed by atoms with E-state index in [0.717, 1.165) is 5.52 Å². The third-order valence-corrected chi connectivity index (χ3v) is 9.42. The summed E-state index contributed by atoms with van der Waals surface area (Å²) in [4.78, 5) is 142. The first kappa shape index (κ1) is 51.4. The van der Waals surface area contributed by atoms with Crippen molar-refractivity contribution < 1.29 is 63.0 Å². The zero-order chi connectivity index (χ0) is 48.2. The van der Waals surface area contributed by atoms with E-state index in [9.17, 15) is 57.8 Å². The summed E-state index contributed by atoms with van der Waals surface area (Å²) in [6.07, 6.45) is -1.11. The van der Waals surface area contributed by atoms with Gasteiger partial charge < -0.3 is 75.3 Å². The van der Waals surface area contributed by atoms with Crippen molar-refractivity contribution in [3.05, 3.63) is 71.9 Å². The van der Waals surface area contributed by atoms with Crippen LogP contribution in [0, 0.1) is 0 Å². The summed E-state index contributed by atoms with van der Waals surface area (Å²) in [7, 11) is 0. The average Bonchev–Trinajstić information content (AvgIpc) is 3.66. The van der Waals surface area contributed by atoms with E-state index in [1.54, 1.807) is 60.8 Å². The summed E-state index contributed by atoms with van der Waals surface area (Å²) in [6, 6.07) is 5.69. The number of nitrogens with two attached hydrogens (primary N) is 4. The number of aromatic nitrogens is 1. The first-order valence-electron chi connectivity index (χ1n) is 19.9. The quantitative estimate of drug-likeness (QED) is 0.0339. The molecule has 1 aromatic heterocycles. The predicted octanol–water partition coefficient (Wildman–Crippen LogP) is -5.97. The van der Waals surface area contributed by atoms with Crippen molar-refractivity contribution in [2.75, 3.05) is 19.7 Å². The van der Waals surface area contributed by atoms with Crippen LogP contribution in [0.4, 0.5) is 0 Å². The molecule has 2 aromatic carbocycles. The van der Waals surface area contributed by atoms with Crippen LogP contribution in [0.5, 0.6) is 0 Å². The fourth-order valence-electron chi connectivity index (χ4n) is 6.16. The number of hydrogen-bond donors (Lipinski definition) is 14. The number of carbonyl (C=O) groups is 11. The first-order chi connectivity index (χ1) is 30.8. The molecule has 0 saturated heterocycles. The molecule has 0 radical (unpaired) electrons. The number of aromatic amines is 1. The standard InChI is InChI=1S/C40H52N12O13/c41-23(14-34(58)59)35(60)49-25(10-11-30(42)54)36(61)47-18-33(57)48-26(12-20-6-2-1-3-7-20)38(63)51-28(15-31(43)55)39(64)52-29(19-53)40(65)50-27(37(62)46-17-32(44)56)13-21-16-45-24-9-5-4-8-22(21)24/h1-9,16,23,25-29,45,53H,10-15,17-19,41H2,(H2,42,54)(H2,43,55)(H2,44,56)(H,46,62)(H,47,61)(H,48,57)(H,49,60)(H,50,65)(H,51,63)(H,52,64)(H,58,59). The number of aliphatic carboxylic acids is 1. The highest BCUT2D eigenvalue weighted by Gasteiger charge is 2.33. The van der Waals surface area contributed by atoms with E-state index in [1.165, 1.54) is 0 Å². The smallest absolute Gasteiger partial charge is 0.305 e. The molecule has 25 nitrogen and oxygen atoms in total. The Morgan fingerprint density at radius 3 is 1.75 bits per heavy atom. The SMILES string of the molecule is NC(=O)CCC(NC(=O)C(N)CC(=O)O)C(=O)NCC(=O)NC(Cc1ccccc1)C(=O)NC(CC(N)=O)C(=O)NC(CO)C(=O)NC(Cc1c[nH]c2ccccc12)C(=O)NCC(N)=O. The number of primary amides is 3. The summed E-state index contributed by atoms with van der Waals surface area (Å²) in [5, 5.41) is 35.9. The summed E-state index contributed by atoms with van der Waals surface area (Å²) in [5.41, 5.74) is 23.1. The molecule has 18 N–H and O–H groups in total. The van der Waals surface area contributed by atoms with Crippen molar-refractivity contribution in [3.63, 3.8) is 0 Å². The van der Waals surface area contributed by atoms with Gasteiger partial charge in [0.15, 0.2) is 0 Å². The Balaban J connectivity index is 1.77. The van der Waals surface area contributed by atoms with E-state index in [-0.39, 0.29) is 19.3 Å². The lowest BCUT2D eigenvalue weighted by Crippen LogP contribution is -2.60. The number of carboxylic acid groups (broad SMARTS) is 1. The number of amides is 10. The second-order valence-corrected chi connectivity index (χ2v) is 14.6. The van der Waals surface area contributed by atoms with Crippen LogP contribution in [-0.4, -0.2) is 136 Å². The third-order valence-electron chi connectivity index (χ3n) is 9.42. The van der Waals surface area contributed by atoms with Crippen molar-refractivity contribution >= 4 is 75.9 Å². The third kappa shape index (κ3) is 17.4. The second kappa shape index (κ2) is 25.2. The van der Waals surface area contributed by atoms with E-state index in [1.807, 2.05) is 0 Å². The van der Waals surface area contributed by atoms with E-state index >= 15 is 0 Å². The van der Waals surface area contributed by atoms with Gasteiger partial charge >= 0.3 is 5.97 Å². The number of carbonyl (C=O) groups excluding carboxylic acids is 10. The molecule has 65 heavy (non-hydrogen) atoms. The average molecular weight is 909 g/mol. The van der Waals surface area contributed by atoms with E-state index in [0.29, 0.717) is 16.5 Å². The fraction of sp³-hybridized carbons (Fsp3) is 0.375. The van der Waals surface area contributed by atoms with Gasteiger partial charge in [-0.3, -0.25) is 52.7 Å². The van der Waals surface area contributed by atoms with Crippen molar-refractivity contribution in [1.82, 2.24) is 42.2 Å². The van der Waals surface area contributed by atoms with E-state index in [2.05, 4.69) is 42.2 Å². The van der Waals surface area contributed by atoms with Crippen molar-refractivity contribution in [3.8, 4) is 0 Å². The Hall–Kier alpha value is -7.93. The monoisotopic (exact) mass is 908 g/mol. The van der Waals surface area contributed by atoms with Gasteiger partial charge in [-0.25, -0.2) is 0 Å². The van der Waals surface area contributed by atoms with Crippen LogP contribution in [-0.2, 0) is 65.6 Å². The van der Waals surface area contributed by atoms with Gasteiger partial charge in [0.2, 0.25) is 59.1 Å². The Kier molecular flexibility index (Phi) is 20.0. The molecule has 0 aliphatic heterocycles. The van der Waals surface area contributed by atoms with Crippen molar-refractivity contribution in [2.45, 2.75) is 74.8 Å². The minimum absolute atomic E-state index is 0.124. The molecule has 0 saturated carbocycles. The van der Waals surface area contributed by atoms with Gasteiger partial charge in [-0.1, -0.05) is 48.5 Å². The maximum Gasteiger partial charge on any atom is 0.305 e. The van der Waals surface area contributed by atoms with Gasteiger partial charge in [0.1, 0.15) is 30.2 Å². The number of rotatable bonds is 27. The van der Waals surface area contributed by atoms with Crippen LogP contribution in [0.25, 0.3) is 10.9 Å². The molecule has 3 aromatic rings. The van der Waals surface area contributed by atoms with Gasteiger partial charge in [0.25, 0.3) is 0 Å². The molecule has 10 amide bonds. The lowest BCUT2D eigenvalue weighted by Gasteiger charge is -2.25. The predicted molar refractivity (Wildman–Crippen MR) is 227 cm³/mol. The highest BCUT2D eigenvalue weighted by atomic mass is 16.4. The molecule has 1 heterocycles. The minimum atomic E-state index is -1.81. The Bertz CT molecular complexity index is 2240. The maximum absolute atomic E-state index is 13.8. The maximum atomic E-state index is 13.8. The zero-order valence-electron chi connectivity index (χ0n) is 34.8. The van der Waals surface area contributed by atoms with Crippen LogP contribution in [0.1, 0.15) is 36.8 Å². The Morgan fingerprint density at radius 2 is 1.12 bits per heavy atom. The van der Waals surface area contributed by atoms with Gasteiger partial charge in [0.05, 0.1) is 38.6 Å². The number of hydrogen-bond acceptors (Lipinski definition) is 13. The van der Waals surface area contributed by atoms with Gasteiger partial charge in [-0.2, -0.15) is 0 Å². The topological polar surface area (TPSA) is 432 Å². The molecule has 0 fully saturated rings. The zero-order valence-corrected chi connectivity index (χ0v) is 34.8. The molecule has 350 valence electrons. The van der Waals surface area contributed by atoms with Crippen LogP contribution in [0.15, 0.2) is 60.8 Å². The Labute approximate surface area is 369 Å².